The number of aromatic nitrogens is 1. The van der Waals surface area contributed by atoms with Gasteiger partial charge in [-0.2, -0.15) is 0 Å². The molecule has 0 radical (unpaired) electrons. The molecule has 1 fully saturated rings. The van der Waals surface area contributed by atoms with Gasteiger partial charge in [0.15, 0.2) is 0 Å². The molecule has 0 bridgehead atoms. The molecule has 1 heterocycles. The van der Waals surface area contributed by atoms with E-state index in [0.717, 1.165) is 16.6 Å². The zero-order valence-electron chi connectivity index (χ0n) is 10.2. The van der Waals surface area contributed by atoms with Gasteiger partial charge in [-0.3, -0.25) is 9.78 Å². The number of esters is 1. The second-order valence-electron chi connectivity index (χ2n) is 5.38. The molecule has 2 rings (SSSR count). The molecule has 0 aromatic carbocycles. The lowest BCUT2D eigenvalue weighted by atomic mass is 10.2. The number of carbonyl (C=O) groups is 1. The second kappa shape index (κ2) is 4.41. The molecule has 0 N–H and O–H groups in total. The van der Waals surface area contributed by atoms with Crippen LogP contribution in [0.25, 0.3) is 0 Å². The lowest BCUT2D eigenvalue weighted by Gasteiger charge is -2.19. The van der Waals surface area contributed by atoms with Crippen LogP contribution >= 0.6 is 15.9 Å². The van der Waals surface area contributed by atoms with Gasteiger partial charge >= 0.3 is 5.97 Å². The van der Waals surface area contributed by atoms with E-state index in [-0.39, 0.29) is 17.8 Å². The minimum absolute atomic E-state index is 0.0112. The summed E-state index contributed by atoms with van der Waals surface area (Å²) in [7, 11) is 0. The lowest BCUT2D eigenvalue weighted by Crippen LogP contribution is -2.25. The zero-order chi connectivity index (χ0) is 12.6. The molecule has 92 valence electrons. The van der Waals surface area contributed by atoms with Crippen LogP contribution in [0.3, 0.4) is 0 Å². The molecule has 3 nitrogen and oxygen atoms in total. The van der Waals surface area contributed by atoms with Crippen LogP contribution in [0.5, 0.6) is 0 Å². The van der Waals surface area contributed by atoms with Crippen molar-refractivity contribution < 1.29 is 9.53 Å². The number of pyridine rings is 1. The summed E-state index contributed by atoms with van der Waals surface area (Å²) in [6.45, 7) is 5.67. The maximum atomic E-state index is 11.8. The van der Waals surface area contributed by atoms with Crippen molar-refractivity contribution in [1.82, 2.24) is 4.98 Å². The van der Waals surface area contributed by atoms with Crippen molar-refractivity contribution in [3.05, 3.63) is 28.5 Å². The van der Waals surface area contributed by atoms with Crippen LogP contribution < -0.4 is 0 Å². The van der Waals surface area contributed by atoms with E-state index in [1.165, 1.54) is 0 Å². The summed E-state index contributed by atoms with van der Waals surface area (Å²) in [6, 6.07) is 3.91. The Morgan fingerprint density at radius 3 is 2.71 bits per heavy atom. The van der Waals surface area contributed by atoms with Gasteiger partial charge in [-0.15, -0.1) is 0 Å². The molecule has 4 heteroatoms. The summed E-state index contributed by atoms with van der Waals surface area (Å²) in [4.78, 5) is 16.1. The fourth-order valence-electron chi connectivity index (χ4n) is 1.77. The Hall–Kier alpha value is -0.900. The van der Waals surface area contributed by atoms with E-state index >= 15 is 0 Å². The van der Waals surface area contributed by atoms with Crippen LogP contribution in [0.4, 0.5) is 0 Å². The van der Waals surface area contributed by atoms with Crippen LogP contribution in [0.1, 0.15) is 38.8 Å². The van der Waals surface area contributed by atoms with Crippen molar-refractivity contribution in [2.24, 2.45) is 5.92 Å². The first-order chi connectivity index (χ1) is 7.87. The van der Waals surface area contributed by atoms with Gasteiger partial charge in [-0.1, -0.05) is 0 Å². The summed E-state index contributed by atoms with van der Waals surface area (Å²) in [5.41, 5.74) is 0.571. The number of rotatable bonds is 2. The summed E-state index contributed by atoms with van der Waals surface area (Å²) >= 11 is 3.34. The van der Waals surface area contributed by atoms with E-state index in [9.17, 15) is 4.79 Å². The molecule has 0 saturated heterocycles. The third kappa shape index (κ3) is 3.28. The third-order valence-electron chi connectivity index (χ3n) is 2.63. The van der Waals surface area contributed by atoms with Crippen LogP contribution in [-0.2, 0) is 9.53 Å². The predicted molar refractivity (Wildman–Crippen MR) is 68.6 cm³/mol. The van der Waals surface area contributed by atoms with Crippen molar-refractivity contribution in [1.29, 1.82) is 0 Å². The van der Waals surface area contributed by atoms with Crippen molar-refractivity contribution in [2.75, 3.05) is 0 Å². The van der Waals surface area contributed by atoms with Crippen LogP contribution in [-0.4, -0.2) is 16.6 Å². The zero-order valence-corrected chi connectivity index (χ0v) is 11.8. The number of hydrogen-bond donors (Lipinski definition) is 0. The van der Waals surface area contributed by atoms with Crippen LogP contribution in [0.15, 0.2) is 22.8 Å². The van der Waals surface area contributed by atoms with Crippen LogP contribution in [0, 0.1) is 5.92 Å². The van der Waals surface area contributed by atoms with E-state index < -0.39 is 5.60 Å². The summed E-state index contributed by atoms with van der Waals surface area (Å²) in [6.07, 6.45) is 2.61. The van der Waals surface area contributed by atoms with Crippen molar-refractivity contribution in [2.45, 2.75) is 38.7 Å². The molecule has 0 aliphatic heterocycles. The second-order valence-corrected chi connectivity index (χ2v) is 6.30. The first kappa shape index (κ1) is 12.6. The van der Waals surface area contributed by atoms with Gasteiger partial charge in [0.1, 0.15) is 5.60 Å². The van der Waals surface area contributed by atoms with Crippen molar-refractivity contribution in [3.63, 3.8) is 0 Å². The molecule has 0 spiro atoms. The molecule has 1 aromatic rings. The van der Waals surface area contributed by atoms with E-state index in [2.05, 4.69) is 20.9 Å². The van der Waals surface area contributed by atoms with Crippen LogP contribution in [0.2, 0.25) is 0 Å². The first-order valence-electron chi connectivity index (χ1n) is 5.71. The summed E-state index contributed by atoms with van der Waals surface area (Å²) < 4.78 is 6.32. The van der Waals surface area contributed by atoms with E-state index in [0.29, 0.717) is 0 Å². The maximum absolute atomic E-state index is 11.8. The fraction of sp³-hybridized carbons (Fsp3) is 0.538. The molecule has 17 heavy (non-hydrogen) atoms. The highest BCUT2D eigenvalue weighted by molar-refractivity contribution is 9.10. The Morgan fingerprint density at radius 1 is 1.47 bits per heavy atom. The Kier molecular flexibility index (Phi) is 3.25. The molecule has 1 saturated carbocycles. The number of hydrogen-bond acceptors (Lipinski definition) is 3. The quantitative estimate of drug-likeness (QED) is 0.786. The van der Waals surface area contributed by atoms with Gasteiger partial charge in [0.05, 0.1) is 5.92 Å². The number of ether oxygens (including phenoxy) is 1. The van der Waals surface area contributed by atoms with E-state index in [1.807, 2.05) is 32.9 Å². The predicted octanol–water partition coefficient (Wildman–Crippen LogP) is 3.29. The van der Waals surface area contributed by atoms with Gasteiger partial charge in [-0.25, -0.2) is 0 Å². The molecule has 0 unspecified atom stereocenters. The van der Waals surface area contributed by atoms with Gasteiger partial charge < -0.3 is 4.74 Å². The third-order valence-corrected chi connectivity index (χ3v) is 3.10. The van der Waals surface area contributed by atoms with Gasteiger partial charge in [0.25, 0.3) is 0 Å². The minimum Gasteiger partial charge on any atom is -0.460 e. The summed E-state index contributed by atoms with van der Waals surface area (Å²) in [5, 5.41) is 0. The van der Waals surface area contributed by atoms with Gasteiger partial charge in [-0.05, 0) is 55.3 Å². The monoisotopic (exact) mass is 297 g/mol. The average Bonchev–Trinajstić information content (AvgIpc) is 2.96. The van der Waals surface area contributed by atoms with Crippen molar-refractivity contribution >= 4 is 21.9 Å². The molecule has 2 atom stereocenters. The Bertz CT molecular complexity index is 422. The molecule has 0 amide bonds. The van der Waals surface area contributed by atoms with Crippen molar-refractivity contribution in [3.8, 4) is 0 Å². The van der Waals surface area contributed by atoms with Gasteiger partial charge in [0, 0.05) is 22.3 Å². The largest absolute Gasteiger partial charge is 0.460 e. The average molecular weight is 298 g/mol. The fourth-order valence-corrected chi connectivity index (χ4v) is 2.00. The topological polar surface area (TPSA) is 39.2 Å². The van der Waals surface area contributed by atoms with E-state index in [1.54, 1.807) is 6.20 Å². The smallest absolute Gasteiger partial charge is 0.310 e. The Morgan fingerprint density at radius 2 is 2.18 bits per heavy atom. The first-order valence-corrected chi connectivity index (χ1v) is 6.50. The Balaban J connectivity index is 1.96. The number of halogens is 1. The molecular weight excluding hydrogens is 282 g/mol. The summed E-state index contributed by atoms with van der Waals surface area (Å²) in [5.74, 6) is 0.119. The normalized spacial score (nSPS) is 23.3. The number of carbonyl (C=O) groups excluding carboxylic acids is 1. The molecule has 1 aliphatic rings. The highest BCUT2D eigenvalue weighted by Crippen LogP contribution is 2.47. The molecule has 1 aromatic heterocycles. The lowest BCUT2D eigenvalue weighted by molar-refractivity contribution is -0.156. The number of nitrogens with zero attached hydrogens (tertiary/aromatic N) is 1. The standard InChI is InChI=1S/C13H16BrNO2/c1-13(2,3)17-12(16)10-6-9(10)11-5-4-8(14)7-15-11/h4-5,7,9-10H,6H2,1-3H3/t9-,10-/m1/s1. The molecule has 1 aliphatic carbocycles. The van der Waals surface area contributed by atoms with Gasteiger partial charge in [0.2, 0.25) is 0 Å². The SMILES string of the molecule is CC(C)(C)OC(=O)[C@@H]1C[C@H]1c1ccc(Br)cn1. The maximum Gasteiger partial charge on any atom is 0.310 e. The Labute approximate surface area is 110 Å². The van der Waals surface area contributed by atoms with E-state index in [4.69, 9.17) is 4.74 Å². The highest BCUT2D eigenvalue weighted by atomic mass is 79.9. The highest BCUT2D eigenvalue weighted by Gasteiger charge is 2.47. The minimum atomic E-state index is -0.405. The molecular formula is C13H16BrNO2.